The lowest BCUT2D eigenvalue weighted by Crippen LogP contribution is -2.33. The molecule has 0 fully saturated rings. The molecular weight excluding hydrogens is 334 g/mol. The molecule has 0 spiro atoms. The standard InChI is InChI=1S/C18H15N5O3/c1-22-15(19)12(17(24)20-10-11-5-4-8-26-11)9-13-16(22)21-14-6-2-3-7-23(14)18(13)25/h2-9,19H,10H2,1H3,(H,20,24). The van der Waals surface area contributed by atoms with Gasteiger partial charge in [-0.1, -0.05) is 6.07 Å². The minimum Gasteiger partial charge on any atom is -0.467 e. The molecule has 26 heavy (non-hydrogen) atoms. The maximum absolute atomic E-state index is 12.8. The van der Waals surface area contributed by atoms with Crippen LogP contribution in [0.4, 0.5) is 0 Å². The zero-order valence-corrected chi connectivity index (χ0v) is 13.9. The van der Waals surface area contributed by atoms with Crippen LogP contribution in [0.15, 0.2) is 58.1 Å². The quantitative estimate of drug-likeness (QED) is 0.542. The van der Waals surface area contributed by atoms with Gasteiger partial charge in [0.2, 0.25) is 0 Å². The summed E-state index contributed by atoms with van der Waals surface area (Å²) in [6, 6.07) is 10.1. The van der Waals surface area contributed by atoms with Crippen LogP contribution in [0.25, 0.3) is 16.7 Å². The number of pyridine rings is 2. The first kappa shape index (κ1) is 15.8. The van der Waals surface area contributed by atoms with Crippen molar-refractivity contribution in [1.29, 1.82) is 5.41 Å². The molecule has 0 bridgehead atoms. The largest absolute Gasteiger partial charge is 0.467 e. The Labute approximate surface area is 146 Å². The number of aromatic nitrogens is 3. The zero-order valence-electron chi connectivity index (χ0n) is 13.9. The van der Waals surface area contributed by atoms with Crippen molar-refractivity contribution in [3.8, 4) is 0 Å². The van der Waals surface area contributed by atoms with Gasteiger partial charge < -0.3 is 14.3 Å². The summed E-state index contributed by atoms with van der Waals surface area (Å²) in [5.74, 6) is 0.143. The monoisotopic (exact) mass is 349 g/mol. The Morgan fingerprint density at radius 2 is 2.15 bits per heavy atom. The third-order valence-corrected chi connectivity index (χ3v) is 4.19. The molecule has 0 saturated carbocycles. The maximum atomic E-state index is 12.8. The van der Waals surface area contributed by atoms with Crippen LogP contribution in [0, 0.1) is 5.41 Å². The number of carbonyl (C=O) groups excluding carboxylic acids is 1. The van der Waals surface area contributed by atoms with E-state index in [4.69, 9.17) is 9.83 Å². The van der Waals surface area contributed by atoms with Crippen LogP contribution in [-0.2, 0) is 13.6 Å². The van der Waals surface area contributed by atoms with Crippen LogP contribution >= 0.6 is 0 Å². The Bertz CT molecular complexity index is 1250. The highest BCUT2D eigenvalue weighted by molar-refractivity contribution is 5.96. The van der Waals surface area contributed by atoms with Crippen LogP contribution in [0.3, 0.4) is 0 Å². The molecule has 4 aromatic heterocycles. The van der Waals surface area contributed by atoms with E-state index in [-0.39, 0.29) is 28.5 Å². The second-order valence-electron chi connectivity index (χ2n) is 5.81. The zero-order chi connectivity index (χ0) is 18.3. The van der Waals surface area contributed by atoms with Crippen molar-refractivity contribution in [2.24, 2.45) is 7.05 Å². The Balaban J connectivity index is 1.85. The van der Waals surface area contributed by atoms with E-state index in [0.717, 1.165) is 0 Å². The van der Waals surface area contributed by atoms with Gasteiger partial charge in [-0.05, 0) is 30.3 Å². The number of rotatable bonds is 3. The Morgan fingerprint density at radius 3 is 2.92 bits per heavy atom. The average molecular weight is 349 g/mol. The summed E-state index contributed by atoms with van der Waals surface area (Å²) in [5, 5.41) is 11.2. The lowest BCUT2D eigenvalue weighted by molar-refractivity contribution is 0.0945. The topological polar surface area (TPSA) is 105 Å². The molecule has 0 aliphatic heterocycles. The first-order valence-electron chi connectivity index (χ1n) is 7.92. The Morgan fingerprint density at radius 1 is 1.31 bits per heavy atom. The predicted octanol–water partition coefficient (Wildman–Crippen LogP) is 1.19. The SMILES string of the molecule is Cn1c(=N)c(C(=O)NCc2ccco2)cc2c(=O)n3ccccc3nc21. The van der Waals surface area contributed by atoms with E-state index in [2.05, 4.69) is 10.3 Å². The highest BCUT2D eigenvalue weighted by Crippen LogP contribution is 2.09. The molecule has 0 unspecified atom stereocenters. The van der Waals surface area contributed by atoms with Crippen molar-refractivity contribution in [1.82, 2.24) is 19.3 Å². The minimum atomic E-state index is -0.457. The molecule has 8 nitrogen and oxygen atoms in total. The Kier molecular flexibility index (Phi) is 3.65. The van der Waals surface area contributed by atoms with Crippen molar-refractivity contribution in [2.75, 3.05) is 0 Å². The van der Waals surface area contributed by atoms with E-state index in [1.54, 1.807) is 43.6 Å². The van der Waals surface area contributed by atoms with Gasteiger partial charge in [0.15, 0.2) is 0 Å². The second kappa shape index (κ2) is 5.99. The number of carbonyl (C=O) groups is 1. The fourth-order valence-electron chi connectivity index (χ4n) is 2.82. The van der Waals surface area contributed by atoms with Gasteiger partial charge >= 0.3 is 0 Å². The van der Waals surface area contributed by atoms with Crippen molar-refractivity contribution < 1.29 is 9.21 Å². The minimum absolute atomic E-state index is 0.0263. The van der Waals surface area contributed by atoms with Crippen molar-refractivity contribution >= 4 is 22.6 Å². The molecule has 0 aliphatic carbocycles. The van der Waals surface area contributed by atoms with E-state index >= 15 is 0 Å². The molecular formula is C18H15N5O3. The number of furan rings is 1. The van der Waals surface area contributed by atoms with Gasteiger partial charge in [0.1, 0.15) is 22.5 Å². The fourth-order valence-corrected chi connectivity index (χ4v) is 2.82. The number of nitrogens with one attached hydrogen (secondary N) is 2. The number of amides is 1. The Hall–Kier alpha value is -3.68. The van der Waals surface area contributed by atoms with E-state index < -0.39 is 5.91 Å². The van der Waals surface area contributed by atoms with Crippen LogP contribution in [-0.4, -0.2) is 19.9 Å². The van der Waals surface area contributed by atoms with Gasteiger partial charge in [0.25, 0.3) is 11.5 Å². The van der Waals surface area contributed by atoms with E-state index in [0.29, 0.717) is 17.1 Å². The normalized spacial score (nSPS) is 11.1. The van der Waals surface area contributed by atoms with Crippen molar-refractivity contribution in [2.45, 2.75) is 6.54 Å². The molecule has 4 aromatic rings. The number of hydrogen-bond acceptors (Lipinski definition) is 5. The number of nitrogens with zero attached hydrogens (tertiary/aromatic N) is 3. The van der Waals surface area contributed by atoms with Gasteiger partial charge in [-0.2, -0.15) is 0 Å². The first-order chi connectivity index (χ1) is 12.6. The van der Waals surface area contributed by atoms with Crippen LogP contribution in [0.1, 0.15) is 16.1 Å². The highest BCUT2D eigenvalue weighted by Gasteiger charge is 2.16. The highest BCUT2D eigenvalue weighted by atomic mass is 16.3. The van der Waals surface area contributed by atoms with Crippen molar-refractivity contribution in [3.63, 3.8) is 0 Å². The van der Waals surface area contributed by atoms with E-state index in [1.165, 1.54) is 21.3 Å². The summed E-state index contributed by atoms with van der Waals surface area (Å²) >= 11 is 0. The van der Waals surface area contributed by atoms with Gasteiger partial charge in [0.05, 0.1) is 23.8 Å². The predicted molar refractivity (Wildman–Crippen MR) is 93.7 cm³/mol. The lowest BCUT2D eigenvalue weighted by Gasteiger charge is -2.11. The molecule has 0 radical (unpaired) electrons. The third kappa shape index (κ3) is 2.48. The first-order valence-corrected chi connectivity index (χ1v) is 7.92. The molecule has 0 saturated heterocycles. The summed E-state index contributed by atoms with van der Waals surface area (Å²) in [4.78, 5) is 29.7. The smallest absolute Gasteiger partial charge is 0.267 e. The van der Waals surface area contributed by atoms with Gasteiger partial charge in [0, 0.05) is 13.2 Å². The van der Waals surface area contributed by atoms with Gasteiger partial charge in [-0.15, -0.1) is 0 Å². The van der Waals surface area contributed by atoms with Crippen LogP contribution < -0.4 is 16.4 Å². The molecule has 1 amide bonds. The molecule has 4 rings (SSSR count). The van der Waals surface area contributed by atoms with Crippen LogP contribution in [0.2, 0.25) is 0 Å². The molecule has 0 atom stereocenters. The third-order valence-electron chi connectivity index (χ3n) is 4.19. The van der Waals surface area contributed by atoms with Gasteiger partial charge in [-0.25, -0.2) is 4.98 Å². The second-order valence-corrected chi connectivity index (χ2v) is 5.81. The maximum Gasteiger partial charge on any atom is 0.267 e. The molecule has 130 valence electrons. The van der Waals surface area contributed by atoms with E-state index in [9.17, 15) is 9.59 Å². The lowest BCUT2D eigenvalue weighted by atomic mass is 10.2. The summed E-state index contributed by atoms with van der Waals surface area (Å²) in [7, 11) is 1.61. The van der Waals surface area contributed by atoms with E-state index in [1.807, 2.05) is 0 Å². The summed E-state index contributed by atoms with van der Waals surface area (Å²) in [6.45, 7) is 0.196. The van der Waals surface area contributed by atoms with Gasteiger partial charge in [-0.3, -0.25) is 19.4 Å². The number of fused-ring (bicyclic) bond motifs is 2. The molecule has 4 heterocycles. The molecule has 2 N–H and O–H groups in total. The summed E-state index contributed by atoms with van der Waals surface area (Å²) in [6.07, 6.45) is 3.14. The number of hydrogen-bond donors (Lipinski definition) is 2. The number of aryl methyl sites for hydroxylation is 1. The van der Waals surface area contributed by atoms with Crippen LogP contribution in [0.5, 0.6) is 0 Å². The molecule has 8 heteroatoms. The fraction of sp³-hybridized carbons (Fsp3) is 0.111. The summed E-state index contributed by atoms with van der Waals surface area (Å²) < 4.78 is 8.03. The summed E-state index contributed by atoms with van der Waals surface area (Å²) in [5.41, 5.74) is 0.619. The molecule has 0 aliphatic rings. The van der Waals surface area contributed by atoms with Crippen molar-refractivity contribution in [3.05, 3.63) is 76.0 Å². The molecule has 0 aromatic carbocycles. The average Bonchev–Trinajstić information content (AvgIpc) is 3.17.